The summed E-state index contributed by atoms with van der Waals surface area (Å²) in [6.45, 7) is 5.52. The van der Waals surface area contributed by atoms with Gasteiger partial charge < -0.3 is 14.5 Å². The molecular formula is C27H25NO4. The first-order valence-corrected chi connectivity index (χ1v) is 10.5. The fourth-order valence-electron chi connectivity index (χ4n) is 3.59. The predicted octanol–water partition coefficient (Wildman–Crippen LogP) is 5.33. The molecule has 5 heteroatoms. The summed E-state index contributed by atoms with van der Waals surface area (Å²) in [5.74, 6) is 0.0321. The number of hydrogen-bond donors (Lipinski definition) is 1. The summed E-state index contributed by atoms with van der Waals surface area (Å²) in [5.41, 5.74) is 3.91. The van der Waals surface area contributed by atoms with E-state index < -0.39 is 0 Å². The molecule has 4 aromatic rings. The summed E-state index contributed by atoms with van der Waals surface area (Å²) in [5, 5.41) is 3.33. The summed E-state index contributed by atoms with van der Waals surface area (Å²) in [6, 6.07) is 22.4. The van der Waals surface area contributed by atoms with Crippen molar-refractivity contribution in [2.24, 2.45) is 0 Å². The van der Waals surface area contributed by atoms with Crippen LogP contribution in [-0.2, 0) is 4.79 Å². The predicted molar refractivity (Wildman–Crippen MR) is 126 cm³/mol. The van der Waals surface area contributed by atoms with Crippen molar-refractivity contribution in [2.75, 3.05) is 6.61 Å². The number of carbonyl (C=O) groups is 1. The van der Waals surface area contributed by atoms with Gasteiger partial charge in [-0.15, -0.1) is 0 Å². The van der Waals surface area contributed by atoms with Crippen molar-refractivity contribution in [3.63, 3.8) is 0 Å². The van der Waals surface area contributed by atoms with Crippen LogP contribution in [0, 0.1) is 13.8 Å². The number of nitrogens with one attached hydrogen (secondary N) is 1. The number of hydrogen-bond acceptors (Lipinski definition) is 4. The smallest absolute Gasteiger partial charge is 0.258 e. The van der Waals surface area contributed by atoms with E-state index in [9.17, 15) is 9.59 Å². The quantitative estimate of drug-likeness (QED) is 0.451. The lowest BCUT2D eigenvalue weighted by molar-refractivity contribution is -0.123. The molecule has 162 valence electrons. The first-order chi connectivity index (χ1) is 15.4. The highest BCUT2D eigenvalue weighted by atomic mass is 16.5. The maximum Gasteiger partial charge on any atom is 0.258 e. The van der Waals surface area contributed by atoms with Gasteiger partial charge in [-0.1, -0.05) is 60.7 Å². The minimum absolute atomic E-state index is 0.0365. The third-order valence-corrected chi connectivity index (χ3v) is 5.53. The van der Waals surface area contributed by atoms with Gasteiger partial charge in [-0.25, -0.2) is 0 Å². The fraction of sp³-hybridized carbons (Fsp3) is 0.185. The standard InChI is InChI=1S/C27H25NO4/c1-17-14-22-23(15-18(17)2)32-26(21-12-8-5-9-13-21)27(25(22)30)31-16-24(29)28-19(3)20-10-6-4-7-11-20/h4-15,19H,16H2,1-3H3,(H,28,29)/t19-/m0/s1. The van der Waals surface area contributed by atoms with E-state index in [0.29, 0.717) is 22.3 Å². The molecule has 0 bridgehead atoms. The first-order valence-electron chi connectivity index (χ1n) is 10.5. The van der Waals surface area contributed by atoms with E-state index in [1.807, 2.05) is 87.5 Å². The zero-order chi connectivity index (χ0) is 22.7. The molecule has 5 nitrogen and oxygen atoms in total. The molecule has 0 spiro atoms. The highest BCUT2D eigenvalue weighted by Crippen LogP contribution is 2.31. The Morgan fingerprint density at radius 1 is 0.969 bits per heavy atom. The number of aryl methyl sites for hydroxylation is 2. The van der Waals surface area contributed by atoms with Crippen LogP contribution in [0.25, 0.3) is 22.3 Å². The Bertz CT molecular complexity index is 1310. The van der Waals surface area contributed by atoms with Crippen LogP contribution >= 0.6 is 0 Å². The Morgan fingerprint density at radius 3 is 2.28 bits per heavy atom. The maximum atomic E-state index is 13.3. The van der Waals surface area contributed by atoms with Crippen LogP contribution in [0.4, 0.5) is 0 Å². The van der Waals surface area contributed by atoms with Gasteiger partial charge in [0.2, 0.25) is 11.2 Å². The summed E-state index contributed by atoms with van der Waals surface area (Å²) >= 11 is 0. The highest BCUT2D eigenvalue weighted by molar-refractivity contribution is 5.84. The average Bonchev–Trinajstić information content (AvgIpc) is 2.81. The van der Waals surface area contributed by atoms with Crippen molar-refractivity contribution < 1.29 is 13.9 Å². The molecule has 0 aliphatic rings. The van der Waals surface area contributed by atoms with Gasteiger partial charge >= 0.3 is 0 Å². The monoisotopic (exact) mass is 427 g/mol. The van der Waals surface area contributed by atoms with E-state index in [0.717, 1.165) is 16.7 Å². The number of fused-ring (bicyclic) bond motifs is 1. The van der Waals surface area contributed by atoms with Gasteiger partial charge in [0.25, 0.3) is 5.91 Å². The average molecular weight is 428 g/mol. The number of ether oxygens (including phenoxy) is 1. The molecule has 1 heterocycles. The topological polar surface area (TPSA) is 68.5 Å². The van der Waals surface area contributed by atoms with Gasteiger partial charge in [-0.3, -0.25) is 9.59 Å². The number of carbonyl (C=O) groups excluding carboxylic acids is 1. The number of benzene rings is 3. The second-order valence-electron chi connectivity index (χ2n) is 7.88. The Labute approximate surface area is 186 Å². The summed E-state index contributed by atoms with van der Waals surface area (Å²) in [6.07, 6.45) is 0. The van der Waals surface area contributed by atoms with E-state index in [4.69, 9.17) is 9.15 Å². The molecule has 0 saturated heterocycles. The van der Waals surface area contributed by atoms with Gasteiger partial charge in [0.1, 0.15) is 5.58 Å². The molecular weight excluding hydrogens is 402 g/mol. The molecule has 0 saturated carbocycles. The molecule has 1 aromatic heterocycles. The molecule has 0 fully saturated rings. The Balaban J connectivity index is 1.66. The molecule has 0 aliphatic heterocycles. The largest absolute Gasteiger partial charge is 0.476 e. The lowest BCUT2D eigenvalue weighted by Crippen LogP contribution is -2.32. The minimum Gasteiger partial charge on any atom is -0.476 e. The van der Waals surface area contributed by atoms with Crippen LogP contribution in [0.5, 0.6) is 5.75 Å². The normalized spacial score (nSPS) is 11.8. The molecule has 1 atom stereocenters. The van der Waals surface area contributed by atoms with Gasteiger partial charge in [-0.2, -0.15) is 0 Å². The molecule has 32 heavy (non-hydrogen) atoms. The van der Waals surface area contributed by atoms with Crippen LogP contribution in [0.1, 0.15) is 29.7 Å². The van der Waals surface area contributed by atoms with Gasteiger partial charge in [-0.05, 0) is 49.6 Å². The maximum absolute atomic E-state index is 13.3. The Kier molecular flexibility index (Phi) is 6.08. The molecule has 0 radical (unpaired) electrons. The summed E-state index contributed by atoms with van der Waals surface area (Å²) in [4.78, 5) is 25.9. The molecule has 4 rings (SSSR count). The molecule has 0 aliphatic carbocycles. The van der Waals surface area contributed by atoms with Crippen molar-refractivity contribution in [3.05, 3.63) is 99.7 Å². The summed E-state index contributed by atoms with van der Waals surface area (Å²) in [7, 11) is 0. The third-order valence-electron chi connectivity index (χ3n) is 5.53. The third kappa shape index (κ3) is 4.42. The number of rotatable bonds is 6. The van der Waals surface area contributed by atoms with Crippen molar-refractivity contribution in [2.45, 2.75) is 26.8 Å². The lowest BCUT2D eigenvalue weighted by Gasteiger charge is -2.16. The van der Waals surface area contributed by atoms with E-state index in [-0.39, 0.29) is 29.7 Å². The second-order valence-corrected chi connectivity index (χ2v) is 7.88. The van der Waals surface area contributed by atoms with Crippen LogP contribution < -0.4 is 15.5 Å². The highest BCUT2D eigenvalue weighted by Gasteiger charge is 2.20. The zero-order valence-corrected chi connectivity index (χ0v) is 18.3. The molecule has 1 amide bonds. The van der Waals surface area contributed by atoms with E-state index in [2.05, 4.69) is 5.32 Å². The van der Waals surface area contributed by atoms with Gasteiger partial charge in [0.05, 0.1) is 11.4 Å². The van der Waals surface area contributed by atoms with Crippen molar-refractivity contribution in [1.29, 1.82) is 0 Å². The van der Waals surface area contributed by atoms with E-state index in [1.54, 1.807) is 6.07 Å². The number of amides is 1. The van der Waals surface area contributed by atoms with Gasteiger partial charge in [0.15, 0.2) is 12.4 Å². The van der Waals surface area contributed by atoms with Crippen molar-refractivity contribution in [1.82, 2.24) is 5.32 Å². The van der Waals surface area contributed by atoms with Crippen LogP contribution in [0.15, 0.2) is 82.0 Å². The van der Waals surface area contributed by atoms with Crippen LogP contribution in [-0.4, -0.2) is 12.5 Å². The minimum atomic E-state index is -0.319. The van der Waals surface area contributed by atoms with E-state index in [1.165, 1.54) is 0 Å². The molecule has 3 aromatic carbocycles. The molecule has 0 unspecified atom stereocenters. The van der Waals surface area contributed by atoms with Crippen LogP contribution in [0.2, 0.25) is 0 Å². The van der Waals surface area contributed by atoms with Gasteiger partial charge in [0, 0.05) is 5.56 Å². The zero-order valence-electron chi connectivity index (χ0n) is 18.3. The van der Waals surface area contributed by atoms with E-state index >= 15 is 0 Å². The van der Waals surface area contributed by atoms with Crippen molar-refractivity contribution >= 4 is 16.9 Å². The van der Waals surface area contributed by atoms with Crippen LogP contribution in [0.3, 0.4) is 0 Å². The Hall–Kier alpha value is -3.86. The first kappa shape index (κ1) is 21.4. The second kappa shape index (κ2) is 9.10. The SMILES string of the molecule is Cc1cc2oc(-c3ccccc3)c(OCC(=O)N[C@@H](C)c3ccccc3)c(=O)c2cc1C. The fourth-order valence-corrected chi connectivity index (χ4v) is 3.59. The Morgan fingerprint density at radius 2 is 1.59 bits per heavy atom. The van der Waals surface area contributed by atoms with Crippen molar-refractivity contribution in [3.8, 4) is 17.1 Å². The summed E-state index contributed by atoms with van der Waals surface area (Å²) < 4.78 is 11.9. The molecule has 1 N–H and O–H groups in total. The lowest BCUT2D eigenvalue weighted by atomic mass is 10.0.